The molecule has 2 heterocycles. The molecule has 1 saturated heterocycles. The summed E-state index contributed by atoms with van der Waals surface area (Å²) in [6, 6.07) is 15.1. The van der Waals surface area contributed by atoms with E-state index in [1.165, 1.54) is 11.9 Å². The number of nitrogens with zero attached hydrogens (tertiary/aromatic N) is 3. The molecule has 1 amide bonds. The molecular weight excluding hydrogens is 627 g/mol. The molecule has 0 radical (unpaired) electrons. The first-order valence-corrected chi connectivity index (χ1v) is 17.4. The Kier molecular flexibility index (Phi) is 10.3. The zero-order valence-corrected chi connectivity index (χ0v) is 30.2. The second kappa shape index (κ2) is 14.0. The maximum atomic E-state index is 12.8. The number of carboxylic acid groups (broad SMARTS) is 1. The fourth-order valence-corrected chi connectivity index (χ4v) is 7.29. The molecule has 3 aromatic rings. The number of anilines is 1. The molecule has 10 nitrogen and oxygen atoms in total. The van der Waals surface area contributed by atoms with Crippen LogP contribution in [0.5, 0.6) is 5.88 Å². The summed E-state index contributed by atoms with van der Waals surface area (Å²) in [7, 11) is 0. The summed E-state index contributed by atoms with van der Waals surface area (Å²) in [5, 5.41) is 13.2. The van der Waals surface area contributed by atoms with Crippen LogP contribution >= 0.6 is 11.9 Å². The van der Waals surface area contributed by atoms with Crippen LogP contribution in [0.1, 0.15) is 88.7 Å². The first kappa shape index (κ1) is 35.5. The summed E-state index contributed by atoms with van der Waals surface area (Å²) >= 11 is 1.25. The molecule has 1 saturated carbocycles. The Morgan fingerprint density at radius 2 is 1.73 bits per heavy atom. The molecule has 1 unspecified atom stereocenters. The van der Waals surface area contributed by atoms with Gasteiger partial charge in [-0.15, -0.1) is 0 Å². The molecule has 2 aliphatic rings. The highest BCUT2D eigenvalue weighted by molar-refractivity contribution is 8.00. The van der Waals surface area contributed by atoms with Gasteiger partial charge in [0.1, 0.15) is 12.2 Å². The lowest BCUT2D eigenvalue weighted by molar-refractivity contribution is -0.0940. The Morgan fingerprint density at radius 3 is 2.33 bits per heavy atom. The Morgan fingerprint density at radius 1 is 1.04 bits per heavy atom. The summed E-state index contributed by atoms with van der Waals surface area (Å²) in [6.07, 6.45) is 3.46. The van der Waals surface area contributed by atoms with Crippen molar-refractivity contribution in [2.75, 3.05) is 17.9 Å². The summed E-state index contributed by atoms with van der Waals surface area (Å²) < 4.78 is 15.3. The SMILES string of the molecule is Cc1cccc(C)c1-c1cc(OCC(CC(C)(C)C)NC2CC3(CCN3C(=O)OC(C)(C)C)C2)nc(NSc2cccc(C(=O)O)c2)n1. The molecule has 48 heavy (non-hydrogen) atoms. The number of hydrogen-bond donors (Lipinski definition) is 3. The highest BCUT2D eigenvalue weighted by atomic mass is 32.2. The Balaban J connectivity index is 1.31. The summed E-state index contributed by atoms with van der Waals surface area (Å²) in [6.45, 7) is 17.7. The predicted molar refractivity (Wildman–Crippen MR) is 190 cm³/mol. The molecule has 11 heteroatoms. The van der Waals surface area contributed by atoms with Crippen molar-refractivity contribution < 1.29 is 24.2 Å². The lowest BCUT2D eigenvalue weighted by Crippen LogP contribution is -2.72. The number of carboxylic acids is 1. The minimum atomic E-state index is -0.982. The Labute approximate surface area is 288 Å². The van der Waals surface area contributed by atoms with Crippen LogP contribution in [-0.2, 0) is 4.74 Å². The molecule has 1 spiro atoms. The average molecular weight is 676 g/mol. The zero-order chi connectivity index (χ0) is 34.9. The largest absolute Gasteiger partial charge is 0.478 e. The normalized spacial score (nSPS) is 19.7. The van der Waals surface area contributed by atoms with E-state index in [0.717, 1.165) is 59.5 Å². The van der Waals surface area contributed by atoms with Crippen molar-refractivity contribution in [3.63, 3.8) is 0 Å². The highest BCUT2D eigenvalue weighted by Gasteiger charge is 2.57. The van der Waals surface area contributed by atoms with Gasteiger partial charge >= 0.3 is 12.1 Å². The third-order valence-electron chi connectivity index (χ3n) is 8.78. The van der Waals surface area contributed by atoms with Crippen LogP contribution < -0.4 is 14.8 Å². The van der Waals surface area contributed by atoms with Gasteiger partial charge in [0.2, 0.25) is 11.8 Å². The van der Waals surface area contributed by atoms with Crippen molar-refractivity contribution in [3.8, 4) is 17.1 Å². The van der Waals surface area contributed by atoms with E-state index in [-0.39, 0.29) is 34.7 Å². The van der Waals surface area contributed by atoms with Crippen LogP contribution in [0.25, 0.3) is 11.3 Å². The van der Waals surface area contributed by atoms with Crippen molar-refractivity contribution in [2.24, 2.45) is 5.41 Å². The average Bonchev–Trinajstić information content (AvgIpc) is 2.94. The number of likely N-dealkylation sites (tertiary alicyclic amines) is 1. The number of benzene rings is 2. The highest BCUT2D eigenvalue weighted by Crippen LogP contribution is 2.48. The fraction of sp³-hybridized carbons (Fsp3) is 0.514. The van der Waals surface area contributed by atoms with Gasteiger partial charge in [0, 0.05) is 35.2 Å². The van der Waals surface area contributed by atoms with E-state index in [9.17, 15) is 14.7 Å². The summed E-state index contributed by atoms with van der Waals surface area (Å²) in [5.41, 5.74) is 3.59. The van der Waals surface area contributed by atoms with E-state index in [4.69, 9.17) is 19.4 Å². The minimum absolute atomic E-state index is 0.0599. The van der Waals surface area contributed by atoms with Gasteiger partial charge in [-0.3, -0.25) is 4.72 Å². The Hall–Kier alpha value is -3.83. The number of aromatic carboxylic acids is 1. The molecule has 1 aliphatic carbocycles. The fourth-order valence-electron chi connectivity index (χ4n) is 6.65. The first-order valence-electron chi connectivity index (χ1n) is 16.6. The van der Waals surface area contributed by atoms with E-state index in [2.05, 4.69) is 56.8 Å². The third kappa shape index (κ3) is 8.79. The van der Waals surface area contributed by atoms with Crippen molar-refractivity contribution in [1.29, 1.82) is 0 Å². The van der Waals surface area contributed by atoms with Crippen LogP contribution in [-0.4, -0.2) is 68.4 Å². The van der Waals surface area contributed by atoms with Gasteiger partial charge in [-0.1, -0.05) is 45.0 Å². The molecule has 5 rings (SSSR count). The van der Waals surface area contributed by atoms with Gasteiger partial charge in [-0.2, -0.15) is 4.98 Å². The van der Waals surface area contributed by atoms with Gasteiger partial charge in [0.05, 0.1) is 16.8 Å². The monoisotopic (exact) mass is 675 g/mol. The van der Waals surface area contributed by atoms with E-state index in [1.807, 2.05) is 43.9 Å². The quantitative estimate of drug-likeness (QED) is 0.173. The number of carbonyl (C=O) groups is 2. The van der Waals surface area contributed by atoms with Gasteiger partial charge in [-0.25, -0.2) is 14.6 Å². The number of nitrogens with one attached hydrogen (secondary N) is 2. The van der Waals surface area contributed by atoms with Crippen LogP contribution in [0.2, 0.25) is 0 Å². The van der Waals surface area contributed by atoms with Crippen LogP contribution in [0.3, 0.4) is 0 Å². The van der Waals surface area contributed by atoms with Gasteiger partial charge < -0.3 is 24.8 Å². The van der Waals surface area contributed by atoms with Crippen molar-refractivity contribution in [3.05, 3.63) is 65.2 Å². The van der Waals surface area contributed by atoms with Crippen molar-refractivity contribution >= 4 is 30.0 Å². The van der Waals surface area contributed by atoms with Crippen molar-refractivity contribution in [1.82, 2.24) is 20.2 Å². The third-order valence-corrected chi connectivity index (χ3v) is 9.56. The summed E-state index contributed by atoms with van der Waals surface area (Å²) in [4.78, 5) is 36.5. The van der Waals surface area contributed by atoms with E-state index >= 15 is 0 Å². The zero-order valence-electron chi connectivity index (χ0n) is 29.3. The lowest BCUT2D eigenvalue weighted by Gasteiger charge is -2.61. The molecular formula is C37H49N5O5S. The maximum absolute atomic E-state index is 12.8. The molecule has 1 atom stereocenters. The number of hydrogen-bond acceptors (Lipinski definition) is 9. The second-order valence-corrected chi connectivity index (χ2v) is 16.2. The molecule has 0 bridgehead atoms. The smallest absolute Gasteiger partial charge is 0.410 e. The van der Waals surface area contributed by atoms with Crippen LogP contribution in [0.15, 0.2) is 53.4 Å². The molecule has 1 aliphatic heterocycles. The number of aromatic nitrogens is 2. The van der Waals surface area contributed by atoms with E-state index in [0.29, 0.717) is 18.4 Å². The number of carbonyl (C=O) groups excluding carboxylic acids is 1. The Bertz CT molecular complexity index is 1620. The lowest BCUT2D eigenvalue weighted by atomic mass is 9.64. The summed E-state index contributed by atoms with van der Waals surface area (Å²) in [5.74, 6) is -0.166. The molecule has 2 aromatic carbocycles. The number of aryl methyl sites for hydroxylation is 2. The van der Waals surface area contributed by atoms with Gasteiger partial charge in [0.25, 0.3) is 0 Å². The van der Waals surface area contributed by atoms with Gasteiger partial charge in [-0.05, 0) is 107 Å². The predicted octanol–water partition coefficient (Wildman–Crippen LogP) is 7.89. The molecule has 258 valence electrons. The molecule has 2 fully saturated rings. The first-order chi connectivity index (χ1) is 22.5. The maximum Gasteiger partial charge on any atom is 0.410 e. The van der Waals surface area contributed by atoms with Crippen LogP contribution in [0, 0.1) is 19.3 Å². The minimum Gasteiger partial charge on any atom is -0.478 e. The van der Waals surface area contributed by atoms with Crippen molar-refractivity contribution in [2.45, 2.75) is 109 Å². The number of ether oxygens (including phenoxy) is 2. The van der Waals surface area contributed by atoms with Gasteiger partial charge in [0.15, 0.2) is 0 Å². The molecule has 1 aromatic heterocycles. The number of rotatable bonds is 11. The molecule has 3 N–H and O–H groups in total. The van der Waals surface area contributed by atoms with E-state index < -0.39 is 11.6 Å². The van der Waals surface area contributed by atoms with Crippen LogP contribution in [0.4, 0.5) is 10.7 Å². The van der Waals surface area contributed by atoms with E-state index in [1.54, 1.807) is 18.2 Å². The standard InChI is InChI=1S/C37H49N5O5S/c1-23-11-9-12-24(2)31(23)29-18-30(40-33(39-29)41-48-28-14-10-13-25(17-28)32(43)44)46-22-27(19-35(3,4)5)38-26-20-37(21-26)15-16-42(37)34(45)47-36(6,7)8/h9-14,17-18,26-27,38H,15-16,19-22H2,1-8H3,(H,43,44)(H,39,40,41). The topological polar surface area (TPSA) is 126 Å². The number of amides is 1. The second-order valence-electron chi connectivity index (χ2n) is 15.4.